The molecule has 2 amide bonds. The molecule has 0 saturated carbocycles. The van der Waals surface area contributed by atoms with Crippen molar-refractivity contribution in [2.45, 2.75) is 0 Å². The quantitative estimate of drug-likeness (QED) is 0.623. The summed E-state index contributed by atoms with van der Waals surface area (Å²) in [5.41, 5.74) is 1.29. The fourth-order valence-corrected chi connectivity index (χ4v) is 3.22. The Kier molecular flexibility index (Phi) is 6.13. The van der Waals surface area contributed by atoms with Gasteiger partial charge in [-0.15, -0.1) is 11.3 Å². The van der Waals surface area contributed by atoms with Gasteiger partial charge in [-0.25, -0.2) is 4.98 Å². The summed E-state index contributed by atoms with van der Waals surface area (Å²) in [6, 6.07) is 9.53. The number of ether oxygens (including phenoxy) is 2. The lowest BCUT2D eigenvalue weighted by atomic mass is 10.1. The Balaban J connectivity index is 1.71. The summed E-state index contributed by atoms with van der Waals surface area (Å²) in [5, 5.41) is 8.00. The van der Waals surface area contributed by atoms with Crippen molar-refractivity contribution in [2.24, 2.45) is 0 Å². The van der Waals surface area contributed by atoms with Gasteiger partial charge in [0.15, 0.2) is 16.6 Å². The average molecular weight is 418 g/mol. The highest BCUT2D eigenvalue weighted by molar-refractivity contribution is 7.13. The van der Waals surface area contributed by atoms with Crippen molar-refractivity contribution >= 4 is 45.6 Å². The molecule has 3 aromatic rings. The molecule has 1 heterocycles. The number of rotatable bonds is 6. The number of amides is 2. The van der Waals surface area contributed by atoms with Gasteiger partial charge in [0.1, 0.15) is 0 Å². The lowest BCUT2D eigenvalue weighted by Gasteiger charge is -2.12. The van der Waals surface area contributed by atoms with E-state index < -0.39 is 0 Å². The van der Waals surface area contributed by atoms with E-state index in [0.717, 1.165) is 0 Å². The number of thiazole rings is 1. The van der Waals surface area contributed by atoms with Crippen LogP contribution in [0, 0.1) is 0 Å². The number of benzene rings is 2. The van der Waals surface area contributed by atoms with Crippen molar-refractivity contribution in [1.29, 1.82) is 0 Å². The third-order valence-corrected chi connectivity index (χ3v) is 4.72. The zero-order chi connectivity index (χ0) is 20.1. The molecule has 0 bridgehead atoms. The SMILES string of the molecule is COc1cc(C(=O)Nc2ccc(C(=O)Nc3nccs3)cc2)cc(Cl)c1OC. The zero-order valence-corrected chi connectivity index (χ0v) is 16.6. The summed E-state index contributed by atoms with van der Waals surface area (Å²) in [7, 11) is 2.93. The van der Waals surface area contributed by atoms with Crippen molar-refractivity contribution in [3.8, 4) is 11.5 Å². The maximum absolute atomic E-state index is 12.5. The third-order valence-electron chi connectivity index (χ3n) is 3.75. The molecule has 3 rings (SSSR count). The van der Waals surface area contributed by atoms with Gasteiger partial charge in [-0.2, -0.15) is 0 Å². The number of halogens is 1. The highest BCUT2D eigenvalue weighted by Gasteiger charge is 2.16. The van der Waals surface area contributed by atoms with E-state index >= 15 is 0 Å². The minimum absolute atomic E-state index is 0.265. The fraction of sp³-hybridized carbons (Fsp3) is 0.105. The Labute approximate surface area is 170 Å². The predicted octanol–water partition coefficient (Wildman–Crippen LogP) is 4.32. The maximum Gasteiger partial charge on any atom is 0.257 e. The predicted molar refractivity (Wildman–Crippen MR) is 109 cm³/mol. The molecule has 1 aromatic heterocycles. The van der Waals surface area contributed by atoms with Gasteiger partial charge in [0.2, 0.25) is 0 Å². The molecule has 28 heavy (non-hydrogen) atoms. The van der Waals surface area contributed by atoms with Crippen LogP contribution >= 0.6 is 22.9 Å². The van der Waals surface area contributed by atoms with Crippen LogP contribution < -0.4 is 20.1 Å². The summed E-state index contributed by atoms with van der Waals surface area (Å²) >= 11 is 7.47. The van der Waals surface area contributed by atoms with Crippen LogP contribution in [-0.2, 0) is 0 Å². The number of methoxy groups -OCH3 is 2. The fourth-order valence-electron chi connectivity index (χ4n) is 2.41. The van der Waals surface area contributed by atoms with Gasteiger partial charge in [-0.3, -0.25) is 14.9 Å². The Bertz CT molecular complexity index is 991. The highest BCUT2D eigenvalue weighted by Crippen LogP contribution is 2.36. The van der Waals surface area contributed by atoms with Gasteiger partial charge in [-0.05, 0) is 36.4 Å². The zero-order valence-electron chi connectivity index (χ0n) is 15.0. The van der Waals surface area contributed by atoms with Gasteiger partial charge < -0.3 is 14.8 Å². The summed E-state index contributed by atoms with van der Waals surface area (Å²) in [6.07, 6.45) is 1.61. The monoisotopic (exact) mass is 417 g/mol. The number of nitrogens with one attached hydrogen (secondary N) is 2. The van der Waals surface area contributed by atoms with Gasteiger partial charge in [0, 0.05) is 28.4 Å². The van der Waals surface area contributed by atoms with Crippen molar-refractivity contribution in [3.63, 3.8) is 0 Å². The van der Waals surface area contributed by atoms with Gasteiger partial charge in [0.05, 0.1) is 19.2 Å². The number of carbonyl (C=O) groups is 2. The van der Waals surface area contributed by atoms with Crippen molar-refractivity contribution in [2.75, 3.05) is 24.9 Å². The molecule has 0 radical (unpaired) electrons. The molecule has 9 heteroatoms. The lowest BCUT2D eigenvalue weighted by molar-refractivity contribution is 0.101. The van der Waals surface area contributed by atoms with Crippen LogP contribution in [0.25, 0.3) is 0 Å². The van der Waals surface area contributed by atoms with E-state index in [1.54, 1.807) is 35.8 Å². The number of carbonyl (C=O) groups excluding carboxylic acids is 2. The molecule has 0 aliphatic heterocycles. The van der Waals surface area contributed by atoms with Crippen molar-refractivity contribution in [1.82, 2.24) is 4.98 Å². The lowest BCUT2D eigenvalue weighted by Crippen LogP contribution is -2.14. The van der Waals surface area contributed by atoms with Crippen LogP contribution in [0.3, 0.4) is 0 Å². The molecule has 0 unspecified atom stereocenters. The Morgan fingerprint density at radius 3 is 2.32 bits per heavy atom. The minimum Gasteiger partial charge on any atom is -0.493 e. The third kappa shape index (κ3) is 4.41. The number of hydrogen-bond donors (Lipinski definition) is 2. The molecule has 7 nitrogen and oxygen atoms in total. The van der Waals surface area contributed by atoms with Gasteiger partial charge in [-0.1, -0.05) is 11.6 Å². The van der Waals surface area contributed by atoms with E-state index in [4.69, 9.17) is 21.1 Å². The van der Waals surface area contributed by atoms with Crippen LogP contribution in [0.15, 0.2) is 48.0 Å². The summed E-state index contributed by atoms with van der Waals surface area (Å²) in [5.74, 6) is 0.0630. The van der Waals surface area contributed by atoms with Crippen molar-refractivity contribution in [3.05, 3.63) is 64.1 Å². The number of nitrogens with zero attached hydrogens (tertiary/aromatic N) is 1. The van der Waals surface area contributed by atoms with E-state index in [0.29, 0.717) is 33.4 Å². The van der Waals surface area contributed by atoms with E-state index in [1.165, 1.54) is 37.7 Å². The molecule has 144 valence electrons. The highest BCUT2D eigenvalue weighted by atomic mass is 35.5. The van der Waals surface area contributed by atoms with Crippen LogP contribution in [0.1, 0.15) is 20.7 Å². The second-order valence-corrected chi connectivity index (χ2v) is 6.82. The molecule has 0 atom stereocenters. The molecule has 0 spiro atoms. The maximum atomic E-state index is 12.5. The van der Waals surface area contributed by atoms with Gasteiger partial charge in [0.25, 0.3) is 11.8 Å². The minimum atomic E-state index is -0.372. The number of hydrogen-bond acceptors (Lipinski definition) is 6. The second-order valence-electron chi connectivity index (χ2n) is 5.52. The molecular weight excluding hydrogens is 402 g/mol. The standard InChI is InChI=1S/C19H16ClN3O4S/c1-26-15-10-12(9-14(20)16(15)27-2)18(25)22-13-5-3-11(4-6-13)17(24)23-19-21-7-8-28-19/h3-10H,1-2H3,(H,22,25)(H,21,23,24). The van der Waals surface area contributed by atoms with Crippen LogP contribution in [0.2, 0.25) is 5.02 Å². The van der Waals surface area contributed by atoms with Crippen LogP contribution in [-0.4, -0.2) is 31.0 Å². The summed E-state index contributed by atoms with van der Waals surface area (Å²) < 4.78 is 10.4. The number of aromatic nitrogens is 1. The van der Waals surface area contributed by atoms with Crippen LogP contribution in [0.4, 0.5) is 10.8 Å². The van der Waals surface area contributed by atoms with Crippen molar-refractivity contribution < 1.29 is 19.1 Å². The molecule has 0 aliphatic rings. The summed E-state index contributed by atoms with van der Waals surface area (Å²) in [6.45, 7) is 0. The average Bonchev–Trinajstić information content (AvgIpc) is 3.20. The molecule has 0 fully saturated rings. The molecule has 2 N–H and O–H groups in total. The topological polar surface area (TPSA) is 89.5 Å². The smallest absolute Gasteiger partial charge is 0.257 e. The number of anilines is 2. The molecular formula is C19H16ClN3O4S. The molecule has 2 aromatic carbocycles. The first kappa shape index (κ1) is 19.7. The molecule has 0 aliphatic carbocycles. The Morgan fingerprint density at radius 2 is 1.71 bits per heavy atom. The Morgan fingerprint density at radius 1 is 1.00 bits per heavy atom. The Hall–Kier alpha value is -3.10. The first-order chi connectivity index (χ1) is 13.5. The van der Waals surface area contributed by atoms with Gasteiger partial charge >= 0.3 is 0 Å². The van der Waals surface area contributed by atoms with E-state index in [2.05, 4.69) is 15.6 Å². The van der Waals surface area contributed by atoms with Crippen LogP contribution in [0.5, 0.6) is 11.5 Å². The largest absolute Gasteiger partial charge is 0.493 e. The van der Waals surface area contributed by atoms with E-state index in [1.807, 2.05) is 0 Å². The first-order valence-electron chi connectivity index (χ1n) is 8.05. The van der Waals surface area contributed by atoms with E-state index in [-0.39, 0.29) is 16.8 Å². The molecule has 0 saturated heterocycles. The van der Waals surface area contributed by atoms with E-state index in [9.17, 15) is 9.59 Å². The normalized spacial score (nSPS) is 10.2. The first-order valence-corrected chi connectivity index (χ1v) is 9.31. The second kappa shape index (κ2) is 8.73. The summed E-state index contributed by atoms with van der Waals surface area (Å²) in [4.78, 5) is 28.7.